The summed E-state index contributed by atoms with van der Waals surface area (Å²) in [4.78, 5) is 28.0. The highest BCUT2D eigenvalue weighted by molar-refractivity contribution is 7.08. The first kappa shape index (κ1) is 18.6. The number of aromatic nitrogens is 2. The highest BCUT2D eigenvalue weighted by atomic mass is 32.1. The van der Waals surface area contributed by atoms with Crippen molar-refractivity contribution in [1.82, 2.24) is 15.5 Å². The molecule has 0 aliphatic heterocycles. The predicted molar refractivity (Wildman–Crippen MR) is 96.9 cm³/mol. The number of esters is 1. The molecule has 0 aliphatic carbocycles. The maximum atomic E-state index is 12.0. The number of hydrogen-bond acceptors (Lipinski definition) is 8. The summed E-state index contributed by atoms with van der Waals surface area (Å²) in [6.07, 6.45) is 0. The molecule has 8 nitrogen and oxygen atoms in total. The highest BCUT2D eigenvalue weighted by Crippen LogP contribution is 2.18. The zero-order valence-electron chi connectivity index (χ0n) is 14.5. The van der Waals surface area contributed by atoms with E-state index in [1.807, 2.05) is 22.9 Å². The van der Waals surface area contributed by atoms with Crippen molar-refractivity contribution in [3.05, 3.63) is 53.0 Å². The smallest absolute Gasteiger partial charge is 0.328 e. The molecule has 3 aromatic rings. The highest BCUT2D eigenvalue weighted by Gasteiger charge is 2.19. The van der Waals surface area contributed by atoms with Gasteiger partial charge in [-0.1, -0.05) is 23.4 Å². The van der Waals surface area contributed by atoms with Gasteiger partial charge >= 0.3 is 5.97 Å². The van der Waals surface area contributed by atoms with Gasteiger partial charge in [-0.25, -0.2) is 4.79 Å². The van der Waals surface area contributed by atoms with Crippen molar-refractivity contribution in [3.8, 4) is 17.1 Å². The average Bonchev–Trinajstić information content (AvgIpc) is 3.36. The molecule has 0 aliphatic rings. The Morgan fingerprint density at radius 2 is 2.07 bits per heavy atom. The average molecular weight is 387 g/mol. The number of rotatable bonds is 8. The summed E-state index contributed by atoms with van der Waals surface area (Å²) >= 11 is 1.52. The SMILES string of the molecule is C[C@H](NC(=O)COc1ccccc1)C(=O)OCc1nc(-c2ccsc2)no1. The summed E-state index contributed by atoms with van der Waals surface area (Å²) in [5.74, 6) is 0.136. The molecule has 1 atom stereocenters. The standard InChI is InChI=1S/C18H17N3O5S/c1-12(19-15(22)9-24-14-5-3-2-4-6-14)18(23)25-10-16-20-17(21-26-16)13-7-8-27-11-13/h2-8,11-12H,9-10H2,1H3,(H,19,22)/t12-/m0/s1. The van der Waals surface area contributed by atoms with E-state index in [-0.39, 0.29) is 19.1 Å². The van der Waals surface area contributed by atoms with Crippen LogP contribution in [-0.2, 0) is 20.9 Å². The molecule has 0 unspecified atom stereocenters. The van der Waals surface area contributed by atoms with Crippen molar-refractivity contribution in [1.29, 1.82) is 0 Å². The molecule has 3 rings (SSSR count). The van der Waals surface area contributed by atoms with Crippen LogP contribution in [0.15, 0.2) is 51.7 Å². The topological polar surface area (TPSA) is 104 Å². The van der Waals surface area contributed by atoms with Crippen LogP contribution in [0.3, 0.4) is 0 Å². The molecule has 1 aromatic carbocycles. The van der Waals surface area contributed by atoms with Gasteiger partial charge in [0.05, 0.1) is 0 Å². The number of carbonyl (C=O) groups excluding carboxylic acids is 2. The number of benzene rings is 1. The Kier molecular flexibility index (Phi) is 6.16. The van der Waals surface area contributed by atoms with E-state index in [0.29, 0.717) is 11.6 Å². The van der Waals surface area contributed by atoms with Crippen LogP contribution in [0.25, 0.3) is 11.4 Å². The summed E-state index contributed by atoms with van der Waals surface area (Å²) in [7, 11) is 0. The van der Waals surface area contributed by atoms with Gasteiger partial charge in [-0.2, -0.15) is 16.3 Å². The lowest BCUT2D eigenvalue weighted by molar-refractivity contribution is -0.149. The second kappa shape index (κ2) is 8.95. The van der Waals surface area contributed by atoms with E-state index in [0.717, 1.165) is 5.56 Å². The van der Waals surface area contributed by atoms with Gasteiger partial charge in [0.25, 0.3) is 11.8 Å². The summed E-state index contributed by atoms with van der Waals surface area (Å²) < 4.78 is 15.5. The fraction of sp³-hybridized carbons (Fsp3) is 0.222. The number of amides is 1. The summed E-state index contributed by atoms with van der Waals surface area (Å²) in [6, 6.07) is 9.94. The zero-order chi connectivity index (χ0) is 19.1. The van der Waals surface area contributed by atoms with Crippen molar-refractivity contribution in [2.75, 3.05) is 6.61 Å². The largest absolute Gasteiger partial charge is 0.484 e. The van der Waals surface area contributed by atoms with Crippen molar-refractivity contribution >= 4 is 23.2 Å². The minimum atomic E-state index is -0.837. The quantitative estimate of drug-likeness (QED) is 0.592. The van der Waals surface area contributed by atoms with Crippen molar-refractivity contribution in [2.45, 2.75) is 19.6 Å². The van der Waals surface area contributed by atoms with E-state index in [9.17, 15) is 9.59 Å². The van der Waals surface area contributed by atoms with Gasteiger partial charge in [0.2, 0.25) is 5.82 Å². The lowest BCUT2D eigenvalue weighted by atomic mass is 10.3. The van der Waals surface area contributed by atoms with Gasteiger partial charge in [-0.05, 0) is 30.5 Å². The van der Waals surface area contributed by atoms with Crippen LogP contribution in [-0.4, -0.2) is 34.7 Å². The van der Waals surface area contributed by atoms with Crippen LogP contribution in [0.5, 0.6) is 5.75 Å². The first-order chi connectivity index (χ1) is 13.1. The van der Waals surface area contributed by atoms with Crippen molar-refractivity contribution in [2.24, 2.45) is 0 Å². The Morgan fingerprint density at radius 3 is 2.81 bits per heavy atom. The van der Waals surface area contributed by atoms with Gasteiger partial charge in [-0.15, -0.1) is 0 Å². The Balaban J connectivity index is 1.41. The molecule has 1 N–H and O–H groups in total. The number of ether oxygens (including phenoxy) is 2. The molecule has 2 heterocycles. The Bertz CT molecular complexity index is 880. The molecule has 0 saturated heterocycles. The van der Waals surface area contributed by atoms with E-state index in [1.54, 1.807) is 24.3 Å². The van der Waals surface area contributed by atoms with Gasteiger partial charge < -0.3 is 19.3 Å². The number of thiophene rings is 1. The van der Waals surface area contributed by atoms with Gasteiger partial charge in [0.15, 0.2) is 13.2 Å². The van der Waals surface area contributed by atoms with Crippen LogP contribution in [0.1, 0.15) is 12.8 Å². The maximum absolute atomic E-state index is 12.0. The third kappa shape index (κ3) is 5.38. The third-order valence-electron chi connectivity index (χ3n) is 3.43. The predicted octanol–water partition coefficient (Wildman–Crippen LogP) is 2.42. The minimum Gasteiger partial charge on any atom is -0.484 e. The normalized spacial score (nSPS) is 11.6. The number of carbonyl (C=O) groups is 2. The molecule has 0 spiro atoms. The molecular formula is C18H17N3O5S. The van der Waals surface area contributed by atoms with E-state index < -0.39 is 17.9 Å². The van der Waals surface area contributed by atoms with Crippen LogP contribution >= 0.6 is 11.3 Å². The third-order valence-corrected chi connectivity index (χ3v) is 4.11. The second-order valence-corrected chi connectivity index (χ2v) is 6.30. The van der Waals surface area contributed by atoms with E-state index >= 15 is 0 Å². The second-order valence-electron chi connectivity index (χ2n) is 5.52. The van der Waals surface area contributed by atoms with E-state index in [1.165, 1.54) is 18.3 Å². The molecule has 27 heavy (non-hydrogen) atoms. The van der Waals surface area contributed by atoms with Crippen LogP contribution in [0, 0.1) is 0 Å². The molecular weight excluding hydrogens is 370 g/mol. The monoisotopic (exact) mass is 387 g/mol. The van der Waals surface area contributed by atoms with E-state index in [2.05, 4.69) is 15.5 Å². The number of hydrogen-bond donors (Lipinski definition) is 1. The number of nitrogens with zero attached hydrogens (tertiary/aromatic N) is 2. The number of para-hydroxylation sites is 1. The van der Waals surface area contributed by atoms with Crippen LogP contribution < -0.4 is 10.1 Å². The Morgan fingerprint density at radius 1 is 1.26 bits per heavy atom. The summed E-state index contributed by atoms with van der Waals surface area (Å²) in [5.41, 5.74) is 0.834. The lowest BCUT2D eigenvalue weighted by Gasteiger charge is -2.13. The fourth-order valence-corrected chi connectivity index (χ4v) is 2.72. The van der Waals surface area contributed by atoms with Gasteiger partial charge in [0, 0.05) is 10.9 Å². The number of nitrogens with one attached hydrogen (secondary N) is 1. The molecule has 0 fully saturated rings. The summed E-state index contributed by atoms with van der Waals surface area (Å²) in [6.45, 7) is 1.15. The minimum absolute atomic E-state index is 0.170. The van der Waals surface area contributed by atoms with Gasteiger partial charge in [0.1, 0.15) is 11.8 Å². The van der Waals surface area contributed by atoms with Crippen LogP contribution in [0.4, 0.5) is 0 Å². The molecule has 0 radical (unpaired) electrons. The summed E-state index contributed by atoms with van der Waals surface area (Å²) in [5, 5.41) is 10.1. The molecule has 9 heteroatoms. The Hall–Kier alpha value is -3.20. The van der Waals surface area contributed by atoms with Crippen LogP contribution in [0.2, 0.25) is 0 Å². The molecule has 1 amide bonds. The maximum Gasteiger partial charge on any atom is 0.328 e. The Labute approximate surface area is 159 Å². The van der Waals surface area contributed by atoms with Crippen molar-refractivity contribution in [3.63, 3.8) is 0 Å². The molecule has 0 saturated carbocycles. The molecule has 140 valence electrons. The lowest BCUT2D eigenvalue weighted by Crippen LogP contribution is -2.41. The van der Waals surface area contributed by atoms with Crippen molar-refractivity contribution < 1.29 is 23.6 Å². The molecule has 0 bridgehead atoms. The first-order valence-corrected chi connectivity index (χ1v) is 9.05. The first-order valence-electron chi connectivity index (χ1n) is 8.11. The molecule has 2 aromatic heterocycles. The fourth-order valence-electron chi connectivity index (χ4n) is 2.09. The zero-order valence-corrected chi connectivity index (χ0v) is 15.3. The van der Waals surface area contributed by atoms with Gasteiger partial charge in [-0.3, -0.25) is 4.79 Å². The van der Waals surface area contributed by atoms with E-state index in [4.69, 9.17) is 14.0 Å².